The molecule has 0 radical (unpaired) electrons. The molecule has 60 valence electrons. The maximum atomic E-state index is 3.75. The maximum absolute atomic E-state index is 3.75. The molecular formula is C8H16BrN. The fourth-order valence-corrected chi connectivity index (χ4v) is 0.994. The van der Waals surface area contributed by atoms with Gasteiger partial charge >= 0.3 is 0 Å². The molecule has 0 rings (SSSR count). The second-order valence-electron chi connectivity index (χ2n) is 2.41. The average molecular weight is 206 g/mol. The van der Waals surface area contributed by atoms with Crippen LogP contribution in [0.25, 0.3) is 0 Å². The first kappa shape index (κ1) is 10.2. The molecule has 0 amide bonds. The minimum absolute atomic E-state index is 0.647. The van der Waals surface area contributed by atoms with E-state index in [4.69, 9.17) is 0 Å². The van der Waals surface area contributed by atoms with Crippen LogP contribution in [0.4, 0.5) is 0 Å². The zero-order chi connectivity index (χ0) is 7.98. The monoisotopic (exact) mass is 205 g/mol. The number of hydrogen-bond donors (Lipinski definition) is 1. The molecule has 0 aromatic heterocycles. The van der Waals surface area contributed by atoms with E-state index in [0.717, 1.165) is 11.0 Å². The van der Waals surface area contributed by atoms with Crippen molar-refractivity contribution in [1.82, 2.24) is 5.32 Å². The Morgan fingerprint density at radius 3 is 2.30 bits per heavy atom. The molecule has 10 heavy (non-hydrogen) atoms. The molecule has 0 unspecified atom stereocenters. The van der Waals surface area contributed by atoms with Crippen LogP contribution in [0, 0.1) is 0 Å². The molecule has 0 atom stereocenters. The van der Waals surface area contributed by atoms with E-state index in [1.165, 1.54) is 12.8 Å². The third-order valence-electron chi connectivity index (χ3n) is 1.57. The van der Waals surface area contributed by atoms with E-state index in [1.807, 2.05) is 0 Å². The Hall–Kier alpha value is 0.180. The van der Waals surface area contributed by atoms with Crippen LogP contribution in [0.5, 0.6) is 0 Å². The van der Waals surface area contributed by atoms with E-state index in [2.05, 4.69) is 41.7 Å². The Bertz CT molecular complexity index is 97.4. The van der Waals surface area contributed by atoms with Gasteiger partial charge in [-0.05, 0) is 12.8 Å². The molecule has 0 spiro atoms. The van der Waals surface area contributed by atoms with E-state index in [0.29, 0.717) is 6.04 Å². The SMILES string of the molecule is C=C(Br)CNC(CC)CC. The highest BCUT2D eigenvalue weighted by Gasteiger charge is 2.00. The van der Waals surface area contributed by atoms with Gasteiger partial charge in [0.25, 0.3) is 0 Å². The third kappa shape index (κ3) is 5.00. The second-order valence-corrected chi connectivity index (χ2v) is 3.53. The van der Waals surface area contributed by atoms with Crippen molar-refractivity contribution in [3.8, 4) is 0 Å². The van der Waals surface area contributed by atoms with Gasteiger partial charge in [-0.1, -0.05) is 36.4 Å². The Morgan fingerprint density at radius 1 is 1.50 bits per heavy atom. The molecule has 1 nitrogen and oxygen atoms in total. The van der Waals surface area contributed by atoms with Crippen LogP contribution in [0.15, 0.2) is 11.1 Å². The lowest BCUT2D eigenvalue weighted by Gasteiger charge is -2.13. The summed E-state index contributed by atoms with van der Waals surface area (Å²) in [6.07, 6.45) is 2.38. The first-order valence-corrected chi connectivity index (χ1v) is 4.56. The highest BCUT2D eigenvalue weighted by Crippen LogP contribution is 2.01. The third-order valence-corrected chi connectivity index (χ3v) is 1.85. The summed E-state index contributed by atoms with van der Waals surface area (Å²) in [5.41, 5.74) is 0. The van der Waals surface area contributed by atoms with Crippen molar-refractivity contribution in [1.29, 1.82) is 0 Å². The summed E-state index contributed by atoms with van der Waals surface area (Å²) in [6, 6.07) is 0.647. The van der Waals surface area contributed by atoms with Gasteiger partial charge in [-0.25, -0.2) is 0 Å². The summed E-state index contributed by atoms with van der Waals surface area (Å²) in [5.74, 6) is 0. The van der Waals surface area contributed by atoms with Crippen molar-refractivity contribution < 1.29 is 0 Å². The Labute approximate surface area is 72.0 Å². The molecule has 0 saturated carbocycles. The molecule has 0 aliphatic carbocycles. The van der Waals surface area contributed by atoms with E-state index in [1.54, 1.807) is 0 Å². The number of halogens is 1. The van der Waals surface area contributed by atoms with Crippen molar-refractivity contribution >= 4 is 15.9 Å². The zero-order valence-corrected chi connectivity index (χ0v) is 8.37. The van der Waals surface area contributed by atoms with Crippen molar-refractivity contribution in [3.63, 3.8) is 0 Å². The molecule has 0 aromatic carbocycles. The first-order valence-electron chi connectivity index (χ1n) is 3.77. The van der Waals surface area contributed by atoms with Gasteiger partial charge in [0, 0.05) is 17.1 Å². The molecule has 0 saturated heterocycles. The van der Waals surface area contributed by atoms with Crippen molar-refractivity contribution in [3.05, 3.63) is 11.1 Å². The summed E-state index contributed by atoms with van der Waals surface area (Å²) in [7, 11) is 0. The lowest BCUT2D eigenvalue weighted by molar-refractivity contribution is 0.509. The highest BCUT2D eigenvalue weighted by molar-refractivity contribution is 9.11. The van der Waals surface area contributed by atoms with Crippen LogP contribution in [0.1, 0.15) is 26.7 Å². The van der Waals surface area contributed by atoms with Crippen molar-refractivity contribution in [2.75, 3.05) is 6.54 Å². The molecule has 0 aliphatic rings. The summed E-state index contributed by atoms with van der Waals surface area (Å²) < 4.78 is 1.03. The predicted molar refractivity (Wildman–Crippen MR) is 50.4 cm³/mol. The summed E-state index contributed by atoms with van der Waals surface area (Å²) in [6.45, 7) is 9.02. The van der Waals surface area contributed by atoms with Crippen LogP contribution in [0.3, 0.4) is 0 Å². The van der Waals surface area contributed by atoms with Crippen molar-refractivity contribution in [2.45, 2.75) is 32.7 Å². The van der Waals surface area contributed by atoms with Crippen LogP contribution in [-0.2, 0) is 0 Å². The molecule has 0 aliphatic heterocycles. The van der Waals surface area contributed by atoms with Gasteiger partial charge < -0.3 is 5.32 Å². The quantitative estimate of drug-likeness (QED) is 0.729. The van der Waals surface area contributed by atoms with E-state index in [-0.39, 0.29) is 0 Å². The molecule has 0 bridgehead atoms. The van der Waals surface area contributed by atoms with E-state index >= 15 is 0 Å². The van der Waals surface area contributed by atoms with Crippen LogP contribution < -0.4 is 5.32 Å². The van der Waals surface area contributed by atoms with Gasteiger partial charge in [-0.2, -0.15) is 0 Å². The predicted octanol–water partition coefficient (Wildman–Crippen LogP) is 2.67. The molecule has 1 N–H and O–H groups in total. The number of rotatable bonds is 5. The fourth-order valence-electron chi connectivity index (χ4n) is 0.832. The molecule has 2 heteroatoms. The van der Waals surface area contributed by atoms with Gasteiger partial charge in [0.15, 0.2) is 0 Å². The standard InChI is InChI=1S/C8H16BrN/c1-4-8(5-2)10-6-7(3)9/h8,10H,3-6H2,1-2H3. The van der Waals surface area contributed by atoms with E-state index < -0.39 is 0 Å². The van der Waals surface area contributed by atoms with Crippen LogP contribution in [0.2, 0.25) is 0 Å². The molecule has 0 aromatic rings. The van der Waals surface area contributed by atoms with Gasteiger partial charge in [-0.15, -0.1) is 0 Å². The first-order chi connectivity index (χ1) is 4.70. The summed E-state index contributed by atoms with van der Waals surface area (Å²) in [4.78, 5) is 0. The Balaban J connectivity index is 3.34. The lowest BCUT2D eigenvalue weighted by atomic mass is 10.2. The van der Waals surface area contributed by atoms with Crippen LogP contribution in [-0.4, -0.2) is 12.6 Å². The second kappa shape index (κ2) is 5.93. The van der Waals surface area contributed by atoms with Gasteiger partial charge in [0.1, 0.15) is 0 Å². The smallest absolute Gasteiger partial charge is 0.0268 e. The van der Waals surface area contributed by atoms with E-state index in [9.17, 15) is 0 Å². The average Bonchev–Trinajstić information content (AvgIpc) is 1.90. The highest BCUT2D eigenvalue weighted by atomic mass is 79.9. The molecule has 0 fully saturated rings. The summed E-state index contributed by atoms with van der Waals surface area (Å²) in [5, 5.41) is 3.37. The molecule has 0 heterocycles. The minimum Gasteiger partial charge on any atom is -0.309 e. The summed E-state index contributed by atoms with van der Waals surface area (Å²) >= 11 is 3.30. The van der Waals surface area contributed by atoms with Gasteiger partial charge in [0.05, 0.1) is 0 Å². The van der Waals surface area contributed by atoms with Crippen molar-refractivity contribution in [2.24, 2.45) is 0 Å². The Kier molecular flexibility index (Phi) is 6.03. The maximum Gasteiger partial charge on any atom is 0.0268 e. The topological polar surface area (TPSA) is 12.0 Å². The van der Waals surface area contributed by atoms with Gasteiger partial charge in [-0.3, -0.25) is 0 Å². The normalized spacial score (nSPS) is 10.4. The van der Waals surface area contributed by atoms with Crippen LogP contribution >= 0.6 is 15.9 Å². The Morgan fingerprint density at radius 2 is 2.00 bits per heavy atom. The number of hydrogen-bond acceptors (Lipinski definition) is 1. The zero-order valence-electron chi connectivity index (χ0n) is 6.78. The fraction of sp³-hybridized carbons (Fsp3) is 0.750. The largest absolute Gasteiger partial charge is 0.309 e. The lowest BCUT2D eigenvalue weighted by Crippen LogP contribution is -2.28. The minimum atomic E-state index is 0.647. The number of nitrogens with one attached hydrogen (secondary N) is 1. The van der Waals surface area contributed by atoms with Gasteiger partial charge in [0.2, 0.25) is 0 Å². The molecular weight excluding hydrogens is 190 g/mol.